The van der Waals surface area contributed by atoms with Crippen molar-refractivity contribution < 1.29 is 13.3 Å². The molecule has 1 N–H and O–H groups in total. The maximum Gasteiger partial charge on any atom is 0.321 e. The molecule has 1 unspecified atom stereocenters. The van der Waals surface area contributed by atoms with Crippen LogP contribution in [0.2, 0.25) is 0 Å². The quantitative estimate of drug-likeness (QED) is 0.900. The molecule has 1 aliphatic rings. The van der Waals surface area contributed by atoms with Crippen molar-refractivity contribution in [3.63, 3.8) is 0 Å². The van der Waals surface area contributed by atoms with Crippen LogP contribution in [0.5, 0.6) is 0 Å². The fraction of sp³-hybridized carbons (Fsp3) is 0.833. The van der Waals surface area contributed by atoms with Gasteiger partial charge in [-0.25, -0.2) is 8.78 Å². The molecule has 0 radical (unpaired) electrons. The number of nitrogens with zero attached hydrogens (tertiary/aromatic N) is 2. The Morgan fingerprint density at radius 1 is 1.50 bits per heavy atom. The number of halogens is 2. The summed E-state index contributed by atoms with van der Waals surface area (Å²) < 4.78 is 31.6. The smallest absolute Gasteiger partial charge is 0.321 e. The molecule has 1 saturated carbocycles. The lowest BCUT2D eigenvalue weighted by Crippen LogP contribution is -2.25. The third-order valence-corrected chi connectivity index (χ3v) is 3.11. The first-order valence-corrected chi connectivity index (χ1v) is 6.41. The Morgan fingerprint density at radius 3 is 2.94 bits per heavy atom. The minimum Gasteiger partial charge on any atom is -0.338 e. The summed E-state index contributed by atoms with van der Waals surface area (Å²) in [7, 11) is 0. The highest BCUT2D eigenvalue weighted by atomic mass is 19.3. The molecular weight excluding hydrogens is 240 g/mol. The van der Waals surface area contributed by atoms with Crippen LogP contribution >= 0.6 is 0 Å². The summed E-state index contributed by atoms with van der Waals surface area (Å²) in [6.07, 6.45) is 1.02. The highest BCUT2D eigenvalue weighted by molar-refractivity contribution is 5.19. The van der Waals surface area contributed by atoms with Crippen LogP contribution in [0.3, 0.4) is 0 Å². The lowest BCUT2D eigenvalue weighted by molar-refractivity contribution is -0.0418. The van der Waals surface area contributed by atoms with Crippen molar-refractivity contribution in [3.8, 4) is 0 Å². The summed E-state index contributed by atoms with van der Waals surface area (Å²) in [5, 5.41) is 6.80. The first kappa shape index (κ1) is 13.2. The van der Waals surface area contributed by atoms with E-state index in [0.717, 1.165) is 6.54 Å². The van der Waals surface area contributed by atoms with Gasteiger partial charge in [-0.05, 0) is 18.8 Å². The molecule has 1 atom stereocenters. The average molecular weight is 259 g/mol. The number of alkyl halides is 2. The SMILES string of the molecule is CC(C)CNc1nc(C2CCCC(F)(F)C2)no1. The van der Waals surface area contributed by atoms with E-state index in [-0.39, 0.29) is 18.8 Å². The summed E-state index contributed by atoms with van der Waals surface area (Å²) in [6, 6.07) is 0.326. The maximum absolute atomic E-state index is 13.3. The number of anilines is 1. The van der Waals surface area contributed by atoms with Crippen molar-refractivity contribution >= 4 is 6.01 Å². The standard InChI is InChI=1S/C12H19F2N3O/c1-8(2)7-15-11-16-10(17-18-11)9-4-3-5-12(13,14)6-9/h8-9H,3-7H2,1-2H3,(H,15,16,17). The second kappa shape index (κ2) is 5.20. The van der Waals surface area contributed by atoms with Crippen molar-refractivity contribution in [2.45, 2.75) is 51.4 Å². The molecule has 2 rings (SSSR count). The van der Waals surface area contributed by atoms with Crippen molar-refractivity contribution in [1.29, 1.82) is 0 Å². The lowest BCUT2D eigenvalue weighted by Gasteiger charge is -2.26. The molecule has 1 heterocycles. The largest absolute Gasteiger partial charge is 0.338 e. The van der Waals surface area contributed by atoms with Gasteiger partial charge in [0.15, 0.2) is 5.82 Å². The van der Waals surface area contributed by atoms with Crippen LogP contribution < -0.4 is 5.32 Å². The van der Waals surface area contributed by atoms with Crippen LogP contribution in [0.15, 0.2) is 4.52 Å². The highest BCUT2D eigenvalue weighted by Gasteiger charge is 2.38. The first-order valence-electron chi connectivity index (χ1n) is 6.41. The van der Waals surface area contributed by atoms with E-state index in [1.807, 2.05) is 0 Å². The molecule has 1 aromatic heterocycles. The minimum atomic E-state index is -2.59. The fourth-order valence-electron chi connectivity index (χ4n) is 2.16. The molecule has 1 fully saturated rings. The van der Waals surface area contributed by atoms with Gasteiger partial charge in [-0.2, -0.15) is 4.98 Å². The molecule has 102 valence electrons. The van der Waals surface area contributed by atoms with E-state index in [4.69, 9.17) is 4.52 Å². The Hall–Kier alpha value is -1.20. The molecule has 0 bridgehead atoms. The zero-order chi connectivity index (χ0) is 13.2. The van der Waals surface area contributed by atoms with E-state index in [1.54, 1.807) is 0 Å². The van der Waals surface area contributed by atoms with Crippen molar-refractivity contribution in [2.24, 2.45) is 5.92 Å². The first-order chi connectivity index (χ1) is 8.46. The molecule has 6 heteroatoms. The predicted octanol–water partition coefficient (Wildman–Crippen LogP) is 3.43. The Morgan fingerprint density at radius 2 is 2.28 bits per heavy atom. The third-order valence-electron chi connectivity index (χ3n) is 3.11. The maximum atomic E-state index is 13.3. The summed E-state index contributed by atoms with van der Waals surface area (Å²) in [5.74, 6) is -2.01. The van der Waals surface area contributed by atoms with E-state index < -0.39 is 5.92 Å². The van der Waals surface area contributed by atoms with Gasteiger partial charge in [-0.3, -0.25) is 0 Å². The van der Waals surface area contributed by atoms with E-state index in [2.05, 4.69) is 29.3 Å². The summed E-state index contributed by atoms with van der Waals surface area (Å²) >= 11 is 0. The number of rotatable bonds is 4. The number of hydrogen-bond acceptors (Lipinski definition) is 4. The van der Waals surface area contributed by atoms with Crippen LogP contribution in [0, 0.1) is 5.92 Å². The van der Waals surface area contributed by atoms with Gasteiger partial charge in [0, 0.05) is 25.3 Å². The summed E-state index contributed by atoms with van der Waals surface area (Å²) in [6.45, 7) is 4.85. The second-order valence-corrected chi connectivity index (χ2v) is 5.38. The Labute approximate surface area is 105 Å². The Bertz CT molecular complexity index is 392. The number of nitrogens with one attached hydrogen (secondary N) is 1. The average Bonchev–Trinajstić information content (AvgIpc) is 2.73. The van der Waals surface area contributed by atoms with E-state index in [1.165, 1.54) is 0 Å². The second-order valence-electron chi connectivity index (χ2n) is 5.38. The van der Waals surface area contributed by atoms with Gasteiger partial charge in [0.1, 0.15) is 0 Å². The van der Waals surface area contributed by atoms with E-state index in [9.17, 15) is 8.78 Å². The molecule has 0 aromatic carbocycles. The molecule has 4 nitrogen and oxygen atoms in total. The number of hydrogen-bond donors (Lipinski definition) is 1. The fourth-order valence-corrected chi connectivity index (χ4v) is 2.16. The van der Waals surface area contributed by atoms with Gasteiger partial charge in [-0.1, -0.05) is 19.0 Å². The van der Waals surface area contributed by atoms with Gasteiger partial charge in [0.2, 0.25) is 5.92 Å². The number of aromatic nitrogens is 2. The summed E-state index contributed by atoms with van der Waals surface area (Å²) in [5.41, 5.74) is 0. The Balaban J connectivity index is 1.97. The van der Waals surface area contributed by atoms with Gasteiger partial charge in [-0.15, -0.1) is 0 Å². The zero-order valence-corrected chi connectivity index (χ0v) is 10.7. The van der Waals surface area contributed by atoms with Gasteiger partial charge in [0.05, 0.1) is 0 Å². The molecule has 1 aromatic rings. The van der Waals surface area contributed by atoms with Crippen LogP contribution in [0.4, 0.5) is 14.8 Å². The van der Waals surface area contributed by atoms with Crippen LogP contribution in [-0.2, 0) is 0 Å². The lowest BCUT2D eigenvalue weighted by atomic mass is 9.86. The van der Waals surface area contributed by atoms with Crippen molar-refractivity contribution in [3.05, 3.63) is 5.82 Å². The monoisotopic (exact) mass is 259 g/mol. The zero-order valence-electron chi connectivity index (χ0n) is 10.7. The summed E-state index contributed by atoms with van der Waals surface area (Å²) in [4.78, 5) is 4.15. The van der Waals surface area contributed by atoms with Crippen LogP contribution in [-0.4, -0.2) is 22.6 Å². The molecule has 0 aliphatic heterocycles. The van der Waals surface area contributed by atoms with Gasteiger partial charge in [0.25, 0.3) is 0 Å². The molecule has 1 aliphatic carbocycles. The van der Waals surface area contributed by atoms with Gasteiger partial charge < -0.3 is 9.84 Å². The van der Waals surface area contributed by atoms with E-state index in [0.29, 0.717) is 30.6 Å². The molecule has 0 saturated heterocycles. The molecule has 0 amide bonds. The Kier molecular flexibility index (Phi) is 3.82. The van der Waals surface area contributed by atoms with Crippen LogP contribution in [0.1, 0.15) is 51.3 Å². The topological polar surface area (TPSA) is 51.0 Å². The van der Waals surface area contributed by atoms with Crippen molar-refractivity contribution in [2.75, 3.05) is 11.9 Å². The normalized spacial score (nSPS) is 23.3. The molecule has 18 heavy (non-hydrogen) atoms. The molecular formula is C12H19F2N3O. The van der Waals surface area contributed by atoms with Crippen molar-refractivity contribution in [1.82, 2.24) is 10.1 Å². The van der Waals surface area contributed by atoms with E-state index >= 15 is 0 Å². The molecule has 0 spiro atoms. The third kappa shape index (κ3) is 3.40. The highest BCUT2D eigenvalue weighted by Crippen LogP contribution is 2.40. The minimum absolute atomic E-state index is 0.0280. The van der Waals surface area contributed by atoms with Crippen LogP contribution in [0.25, 0.3) is 0 Å². The predicted molar refractivity (Wildman–Crippen MR) is 63.8 cm³/mol. The van der Waals surface area contributed by atoms with Gasteiger partial charge >= 0.3 is 6.01 Å².